The summed E-state index contributed by atoms with van der Waals surface area (Å²) in [6.07, 6.45) is 6.17. The van der Waals surface area contributed by atoms with Gasteiger partial charge in [-0.15, -0.1) is 0 Å². The van der Waals surface area contributed by atoms with E-state index in [1.54, 1.807) is 13.8 Å². The number of hydrogen-bond acceptors (Lipinski definition) is 7. The number of hydrogen-bond donors (Lipinski definition) is 2. The number of ether oxygens (including phenoxy) is 3. The first-order valence-corrected chi connectivity index (χ1v) is 16.3. The Morgan fingerprint density at radius 1 is 0.951 bits per heavy atom. The first-order valence-electron chi connectivity index (χ1n) is 16.3. The molecule has 6 fully saturated rings. The van der Waals surface area contributed by atoms with Crippen LogP contribution in [0.4, 0.5) is 0 Å². The minimum atomic E-state index is -1.26. The molecule has 9 unspecified atom stereocenters. The van der Waals surface area contributed by atoms with E-state index in [2.05, 4.69) is 34.6 Å². The summed E-state index contributed by atoms with van der Waals surface area (Å²) in [5, 5.41) is 23.3. The molecule has 1 heterocycles. The lowest BCUT2D eigenvalue weighted by molar-refractivity contribution is -0.216. The third-order valence-corrected chi connectivity index (χ3v) is 14.4. The minimum absolute atomic E-state index is 0.0265. The fourth-order valence-corrected chi connectivity index (χ4v) is 12.8. The van der Waals surface area contributed by atoms with Gasteiger partial charge in [0, 0.05) is 24.7 Å². The van der Waals surface area contributed by atoms with Crippen LogP contribution >= 0.6 is 0 Å². The van der Waals surface area contributed by atoms with Crippen molar-refractivity contribution in [2.24, 2.45) is 50.7 Å². The molecule has 41 heavy (non-hydrogen) atoms. The number of fused-ring (bicyclic) bond motifs is 4. The number of rotatable bonds is 4. The monoisotopic (exact) mass is 574 g/mol. The molecule has 2 spiro atoms. The predicted octanol–water partition coefficient (Wildman–Crippen LogP) is 5.43. The fourth-order valence-electron chi connectivity index (χ4n) is 12.8. The van der Waals surface area contributed by atoms with E-state index in [9.17, 15) is 19.8 Å². The highest BCUT2D eigenvalue weighted by molar-refractivity contribution is 5.66. The maximum absolute atomic E-state index is 12.4. The summed E-state index contributed by atoms with van der Waals surface area (Å²) in [6, 6.07) is 0. The molecule has 0 aromatic rings. The summed E-state index contributed by atoms with van der Waals surface area (Å²) >= 11 is 0. The van der Waals surface area contributed by atoms with Gasteiger partial charge in [0.25, 0.3) is 0 Å². The molecule has 5 saturated carbocycles. The van der Waals surface area contributed by atoms with Crippen molar-refractivity contribution in [1.29, 1.82) is 0 Å². The summed E-state index contributed by atoms with van der Waals surface area (Å²) in [6.45, 7) is 17.9. The Morgan fingerprint density at radius 3 is 2.20 bits per heavy atom. The van der Waals surface area contributed by atoms with Gasteiger partial charge in [-0.3, -0.25) is 9.59 Å². The standard InChI is InChI=1S/C34H54O7/c1-18-16-21(28(30(6,7)38)40-20(3)36)41-26-25(18)31(8)14-15-34-17-33(34)13-12-24(39-19(2)35)29(4,5)22(33)10-11-23(34)32(31,9)27(26)37/h18,21-28,37-38H,10-17H2,1-9H3/t18-,21?,22?,23?,24?,25+,26?,27+,28?,31?,32-,33?,34?/m1/s1. The van der Waals surface area contributed by atoms with Crippen molar-refractivity contribution < 1.29 is 34.0 Å². The van der Waals surface area contributed by atoms with Crippen molar-refractivity contribution in [3.8, 4) is 0 Å². The third-order valence-electron chi connectivity index (χ3n) is 14.4. The summed E-state index contributed by atoms with van der Waals surface area (Å²) in [5.74, 6) is 0.799. The van der Waals surface area contributed by atoms with Crippen LogP contribution in [0.5, 0.6) is 0 Å². The second kappa shape index (κ2) is 8.94. The van der Waals surface area contributed by atoms with Gasteiger partial charge in [0.2, 0.25) is 0 Å². The van der Waals surface area contributed by atoms with Crippen molar-refractivity contribution in [3.05, 3.63) is 0 Å². The Morgan fingerprint density at radius 2 is 1.59 bits per heavy atom. The summed E-state index contributed by atoms with van der Waals surface area (Å²) < 4.78 is 18.3. The maximum Gasteiger partial charge on any atom is 0.303 e. The Balaban J connectivity index is 1.32. The van der Waals surface area contributed by atoms with E-state index in [4.69, 9.17) is 14.2 Å². The van der Waals surface area contributed by atoms with Crippen LogP contribution < -0.4 is 0 Å². The van der Waals surface area contributed by atoms with Gasteiger partial charge >= 0.3 is 11.9 Å². The van der Waals surface area contributed by atoms with Crippen molar-refractivity contribution in [1.82, 2.24) is 0 Å². The van der Waals surface area contributed by atoms with Crippen molar-refractivity contribution in [2.75, 3.05) is 0 Å². The minimum Gasteiger partial charge on any atom is -0.462 e. The summed E-state index contributed by atoms with van der Waals surface area (Å²) in [5.41, 5.74) is -1.17. The van der Waals surface area contributed by atoms with Crippen LogP contribution in [0.2, 0.25) is 0 Å². The SMILES string of the molecule is CC(=O)OC(C1C[C@@H](C)[C@H]2C(O1)[C@H](O)[C@@]1(C)C3CCC4C(C)(C)C(OC(C)=O)CCC45CC35CCC21C)C(C)(C)O. The van der Waals surface area contributed by atoms with Crippen LogP contribution in [-0.2, 0) is 23.8 Å². The van der Waals surface area contributed by atoms with E-state index >= 15 is 0 Å². The van der Waals surface area contributed by atoms with Gasteiger partial charge in [0.15, 0.2) is 6.10 Å². The number of aliphatic hydroxyl groups is 2. The van der Waals surface area contributed by atoms with Crippen LogP contribution in [0.1, 0.15) is 114 Å². The van der Waals surface area contributed by atoms with Crippen molar-refractivity contribution in [2.45, 2.75) is 150 Å². The molecule has 0 aromatic carbocycles. The largest absolute Gasteiger partial charge is 0.462 e. The quantitative estimate of drug-likeness (QED) is 0.432. The Hall–Kier alpha value is -1.18. The molecule has 13 atom stereocenters. The zero-order valence-corrected chi connectivity index (χ0v) is 26.8. The second-order valence-electron chi connectivity index (χ2n) is 16.8. The van der Waals surface area contributed by atoms with Gasteiger partial charge in [-0.05, 0) is 105 Å². The molecule has 6 aliphatic rings. The van der Waals surface area contributed by atoms with Crippen LogP contribution in [0.3, 0.4) is 0 Å². The first-order chi connectivity index (χ1) is 18.9. The average molecular weight is 575 g/mol. The molecule has 232 valence electrons. The molecule has 0 amide bonds. The van der Waals surface area contributed by atoms with Gasteiger partial charge in [-0.1, -0.05) is 34.6 Å². The number of carbonyl (C=O) groups excluding carboxylic acids is 2. The third kappa shape index (κ3) is 3.73. The van der Waals surface area contributed by atoms with Gasteiger partial charge in [0.05, 0.1) is 23.9 Å². The zero-order chi connectivity index (χ0) is 30.1. The zero-order valence-electron chi connectivity index (χ0n) is 26.8. The smallest absolute Gasteiger partial charge is 0.303 e. The molecule has 0 bridgehead atoms. The highest BCUT2D eigenvalue weighted by Crippen LogP contribution is 2.89. The molecule has 0 radical (unpaired) electrons. The molecule has 7 nitrogen and oxygen atoms in total. The van der Waals surface area contributed by atoms with Gasteiger partial charge < -0.3 is 24.4 Å². The molecule has 6 rings (SSSR count). The van der Waals surface area contributed by atoms with Crippen molar-refractivity contribution >= 4 is 11.9 Å². The van der Waals surface area contributed by atoms with Gasteiger partial charge in [0.1, 0.15) is 6.10 Å². The van der Waals surface area contributed by atoms with E-state index in [0.717, 1.165) is 32.1 Å². The lowest BCUT2D eigenvalue weighted by atomic mass is 9.41. The molecule has 1 saturated heterocycles. The normalized spacial score (nSPS) is 52.1. The van der Waals surface area contributed by atoms with E-state index < -0.39 is 29.9 Å². The number of esters is 2. The predicted molar refractivity (Wildman–Crippen MR) is 154 cm³/mol. The molecule has 2 N–H and O–H groups in total. The van der Waals surface area contributed by atoms with Gasteiger partial charge in [-0.2, -0.15) is 0 Å². The van der Waals surface area contributed by atoms with Crippen LogP contribution in [0, 0.1) is 50.7 Å². The van der Waals surface area contributed by atoms with E-state index in [1.165, 1.54) is 26.7 Å². The Kier molecular flexibility index (Phi) is 6.51. The Bertz CT molecular complexity index is 1110. The van der Waals surface area contributed by atoms with Crippen molar-refractivity contribution in [3.63, 3.8) is 0 Å². The summed E-state index contributed by atoms with van der Waals surface area (Å²) in [7, 11) is 0. The van der Waals surface area contributed by atoms with Gasteiger partial charge in [-0.25, -0.2) is 0 Å². The van der Waals surface area contributed by atoms with Crippen LogP contribution in [0.15, 0.2) is 0 Å². The molecular weight excluding hydrogens is 520 g/mol. The van der Waals surface area contributed by atoms with E-state index in [-0.39, 0.29) is 57.1 Å². The van der Waals surface area contributed by atoms with Crippen LogP contribution in [-0.4, -0.2) is 58.3 Å². The molecule has 5 aliphatic carbocycles. The maximum atomic E-state index is 12.4. The molecule has 0 aromatic heterocycles. The Labute approximate surface area is 246 Å². The molecule has 1 aliphatic heterocycles. The molecule has 7 heteroatoms. The fraction of sp³-hybridized carbons (Fsp3) is 0.941. The van der Waals surface area contributed by atoms with Crippen LogP contribution in [0.25, 0.3) is 0 Å². The lowest BCUT2D eigenvalue weighted by Crippen LogP contribution is -2.60. The number of aliphatic hydroxyl groups excluding tert-OH is 1. The highest BCUT2D eigenvalue weighted by Gasteiger charge is 2.84. The highest BCUT2D eigenvalue weighted by atomic mass is 16.6. The average Bonchev–Trinajstić information content (AvgIpc) is 3.48. The number of carbonyl (C=O) groups is 2. The molecular formula is C34H54O7. The van der Waals surface area contributed by atoms with E-state index in [1.807, 2.05) is 0 Å². The topological polar surface area (TPSA) is 102 Å². The lowest BCUT2D eigenvalue weighted by Gasteiger charge is -2.63. The summed E-state index contributed by atoms with van der Waals surface area (Å²) in [4.78, 5) is 23.9. The second-order valence-corrected chi connectivity index (χ2v) is 16.8. The van der Waals surface area contributed by atoms with E-state index in [0.29, 0.717) is 18.3 Å². The first kappa shape index (κ1) is 29.9.